The molecule has 2 atom stereocenters. The van der Waals surface area contributed by atoms with E-state index in [9.17, 15) is 4.79 Å². The summed E-state index contributed by atoms with van der Waals surface area (Å²) in [6.07, 6.45) is 4.95. The van der Waals surface area contributed by atoms with Crippen LogP contribution in [0.5, 0.6) is 0 Å². The minimum absolute atomic E-state index is 0.199. The average molecular weight is 220 g/mol. The molecule has 0 amide bonds. The van der Waals surface area contributed by atoms with E-state index in [1.54, 1.807) is 29.9 Å². The van der Waals surface area contributed by atoms with Crippen molar-refractivity contribution in [2.75, 3.05) is 0 Å². The lowest BCUT2D eigenvalue weighted by atomic mass is 9.95. The Hall–Kier alpha value is -1.98. The van der Waals surface area contributed by atoms with Crippen LogP contribution >= 0.6 is 0 Å². The Morgan fingerprint density at radius 1 is 1.44 bits per heavy atom. The fourth-order valence-corrected chi connectivity index (χ4v) is 1.52. The summed E-state index contributed by atoms with van der Waals surface area (Å²) >= 11 is 0. The molecule has 0 aromatic carbocycles. The maximum Gasteiger partial charge on any atom is 0.306 e. The Morgan fingerprint density at radius 2 is 2.19 bits per heavy atom. The van der Waals surface area contributed by atoms with Gasteiger partial charge in [0.25, 0.3) is 0 Å². The maximum atomic E-state index is 10.9. The molecule has 2 rings (SSSR count). The van der Waals surface area contributed by atoms with Gasteiger partial charge in [0.05, 0.1) is 12.1 Å². The summed E-state index contributed by atoms with van der Waals surface area (Å²) in [5.41, 5.74) is 0.627. The summed E-state index contributed by atoms with van der Waals surface area (Å²) in [6.45, 7) is 3.49. The first-order valence-corrected chi connectivity index (χ1v) is 4.98. The molecule has 0 aliphatic heterocycles. The van der Waals surface area contributed by atoms with Crippen LogP contribution in [0.1, 0.15) is 25.6 Å². The van der Waals surface area contributed by atoms with Crippen molar-refractivity contribution in [3.05, 3.63) is 24.4 Å². The van der Waals surface area contributed by atoms with Gasteiger partial charge in [-0.1, -0.05) is 13.8 Å². The predicted molar refractivity (Wildman–Crippen MR) is 56.0 cm³/mol. The fourth-order valence-electron chi connectivity index (χ4n) is 1.52. The molecule has 0 radical (unpaired) electrons. The highest BCUT2D eigenvalue weighted by Crippen LogP contribution is 2.22. The Balaban J connectivity index is 2.44. The van der Waals surface area contributed by atoms with Gasteiger partial charge in [0.2, 0.25) is 0 Å². The SMILES string of the molecule is CC(C(=O)O)C(C)c1nnc2cnccn12. The van der Waals surface area contributed by atoms with Crippen LogP contribution in [0.3, 0.4) is 0 Å². The number of rotatable bonds is 3. The van der Waals surface area contributed by atoms with E-state index in [-0.39, 0.29) is 5.92 Å². The van der Waals surface area contributed by atoms with Crippen molar-refractivity contribution in [3.63, 3.8) is 0 Å². The smallest absolute Gasteiger partial charge is 0.306 e. The first-order valence-electron chi connectivity index (χ1n) is 4.98. The van der Waals surface area contributed by atoms with Crippen molar-refractivity contribution in [1.29, 1.82) is 0 Å². The molecule has 0 bridgehead atoms. The number of hydrogen-bond donors (Lipinski definition) is 1. The molecule has 0 saturated heterocycles. The van der Waals surface area contributed by atoms with Gasteiger partial charge in [0.1, 0.15) is 5.82 Å². The van der Waals surface area contributed by atoms with Crippen molar-refractivity contribution >= 4 is 11.6 Å². The van der Waals surface area contributed by atoms with E-state index in [0.29, 0.717) is 11.5 Å². The van der Waals surface area contributed by atoms with E-state index in [1.807, 2.05) is 6.92 Å². The molecule has 2 aromatic heterocycles. The largest absolute Gasteiger partial charge is 0.481 e. The molecule has 2 aromatic rings. The van der Waals surface area contributed by atoms with Crippen molar-refractivity contribution in [3.8, 4) is 0 Å². The van der Waals surface area contributed by atoms with Crippen LogP contribution in [0.25, 0.3) is 5.65 Å². The van der Waals surface area contributed by atoms with Crippen LogP contribution in [-0.2, 0) is 4.79 Å². The lowest BCUT2D eigenvalue weighted by Gasteiger charge is -2.13. The zero-order valence-electron chi connectivity index (χ0n) is 9.03. The van der Waals surface area contributed by atoms with Crippen molar-refractivity contribution < 1.29 is 9.90 Å². The first kappa shape index (κ1) is 10.5. The Bertz CT molecular complexity index is 522. The molecule has 0 spiro atoms. The molecule has 1 N–H and O–H groups in total. The van der Waals surface area contributed by atoms with Gasteiger partial charge in [0, 0.05) is 18.3 Å². The number of carbonyl (C=O) groups is 1. The number of carboxylic acid groups (broad SMARTS) is 1. The van der Waals surface area contributed by atoms with Crippen molar-refractivity contribution in [2.45, 2.75) is 19.8 Å². The third-order valence-electron chi connectivity index (χ3n) is 2.79. The van der Waals surface area contributed by atoms with Gasteiger partial charge in [-0.2, -0.15) is 0 Å². The molecule has 84 valence electrons. The minimum atomic E-state index is -0.835. The van der Waals surface area contributed by atoms with Crippen LogP contribution in [-0.4, -0.2) is 30.7 Å². The number of aromatic nitrogens is 4. The number of hydrogen-bond acceptors (Lipinski definition) is 4. The van der Waals surface area contributed by atoms with Crippen molar-refractivity contribution in [2.24, 2.45) is 5.92 Å². The second-order valence-corrected chi connectivity index (χ2v) is 3.78. The molecule has 0 saturated carbocycles. The molecule has 6 nitrogen and oxygen atoms in total. The predicted octanol–water partition coefficient (Wildman–Crippen LogP) is 0.948. The van der Waals surface area contributed by atoms with Crippen LogP contribution in [0.4, 0.5) is 0 Å². The zero-order valence-corrected chi connectivity index (χ0v) is 9.03. The zero-order chi connectivity index (χ0) is 11.7. The van der Waals surface area contributed by atoms with Crippen LogP contribution < -0.4 is 0 Å². The molecule has 0 aliphatic rings. The molecule has 16 heavy (non-hydrogen) atoms. The highest BCUT2D eigenvalue weighted by Gasteiger charge is 2.24. The number of carboxylic acids is 1. The van der Waals surface area contributed by atoms with Gasteiger partial charge in [-0.15, -0.1) is 10.2 Å². The van der Waals surface area contributed by atoms with Gasteiger partial charge in [-0.3, -0.25) is 14.2 Å². The number of fused-ring (bicyclic) bond motifs is 1. The summed E-state index contributed by atoms with van der Waals surface area (Å²) in [6, 6.07) is 0. The third kappa shape index (κ3) is 1.62. The molecule has 6 heteroatoms. The Kier molecular flexibility index (Phi) is 2.55. The number of aliphatic carboxylic acids is 1. The molecule has 0 fully saturated rings. The standard InChI is InChI=1S/C10H12N4O2/c1-6(7(2)10(15)16)9-13-12-8-5-11-3-4-14(8)9/h3-7H,1-2H3,(H,15,16). The quantitative estimate of drug-likeness (QED) is 0.832. The summed E-state index contributed by atoms with van der Waals surface area (Å²) in [4.78, 5) is 14.8. The molecule has 0 aliphatic carbocycles. The normalized spacial score (nSPS) is 14.9. The van der Waals surface area contributed by atoms with E-state index in [2.05, 4.69) is 15.2 Å². The highest BCUT2D eigenvalue weighted by atomic mass is 16.4. The number of nitrogens with zero attached hydrogens (tertiary/aromatic N) is 4. The van der Waals surface area contributed by atoms with E-state index in [0.717, 1.165) is 0 Å². The summed E-state index contributed by atoms with van der Waals surface area (Å²) < 4.78 is 1.76. The summed E-state index contributed by atoms with van der Waals surface area (Å²) in [5.74, 6) is -0.888. The van der Waals surface area contributed by atoms with Gasteiger partial charge in [0.15, 0.2) is 5.65 Å². The monoisotopic (exact) mass is 220 g/mol. The van der Waals surface area contributed by atoms with Gasteiger partial charge >= 0.3 is 5.97 Å². The van der Waals surface area contributed by atoms with Crippen LogP contribution in [0.2, 0.25) is 0 Å². The summed E-state index contributed by atoms with van der Waals surface area (Å²) in [7, 11) is 0. The van der Waals surface area contributed by atoms with E-state index in [4.69, 9.17) is 5.11 Å². The highest BCUT2D eigenvalue weighted by molar-refractivity contribution is 5.70. The molecular formula is C10H12N4O2. The summed E-state index contributed by atoms with van der Waals surface area (Å²) in [5, 5.41) is 16.9. The van der Waals surface area contributed by atoms with Crippen LogP contribution in [0, 0.1) is 5.92 Å². The second-order valence-electron chi connectivity index (χ2n) is 3.78. The van der Waals surface area contributed by atoms with E-state index < -0.39 is 11.9 Å². The maximum absolute atomic E-state index is 10.9. The molecule has 2 heterocycles. The van der Waals surface area contributed by atoms with Crippen LogP contribution in [0.15, 0.2) is 18.6 Å². The second kappa shape index (κ2) is 3.88. The lowest BCUT2D eigenvalue weighted by molar-refractivity contribution is -0.141. The molecular weight excluding hydrogens is 208 g/mol. The van der Waals surface area contributed by atoms with E-state index >= 15 is 0 Å². The molecule has 2 unspecified atom stereocenters. The van der Waals surface area contributed by atoms with Gasteiger partial charge in [-0.25, -0.2) is 0 Å². The first-order chi connectivity index (χ1) is 7.61. The topological polar surface area (TPSA) is 80.4 Å². The van der Waals surface area contributed by atoms with Crippen molar-refractivity contribution in [1.82, 2.24) is 19.6 Å². The van der Waals surface area contributed by atoms with Gasteiger partial charge < -0.3 is 5.11 Å². The Morgan fingerprint density at radius 3 is 2.88 bits per heavy atom. The fraction of sp³-hybridized carbons (Fsp3) is 0.400. The average Bonchev–Trinajstić information content (AvgIpc) is 2.70. The van der Waals surface area contributed by atoms with E-state index in [1.165, 1.54) is 0 Å². The van der Waals surface area contributed by atoms with Gasteiger partial charge in [-0.05, 0) is 0 Å². The lowest BCUT2D eigenvalue weighted by Crippen LogP contribution is -2.18. The Labute approximate surface area is 92.0 Å². The third-order valence-corrected chi connectivity index (χ3v) is 2.79. The minimum Gasteiger partial charge on any atom is -0.481 e.